The third kappa shape index (κ3) is 3.09. The molecule has 148 valence electrons. The standard InChI is InChI=1S/C24H22N5O/c1-16-7-5-6-12-29(16)23-21(17-8-3-2-4-9-17)20(15-27)22(18(13-25)14-26)28-24(23,30)19-10-11-19/h2-9,12,19,21,23,25,28,30H,10-11H2,1H3/q+1/t21-,23-,24+/m0/s1. The van der Waals surface area contributed by atoms with Gasteiger partial charge in [0.2, 0.25) is 11.8 Å². The third-order valence-corrected chi connectivity index (χ3v) is 6.04. The fraction of sp³-hybridized carbons (Fsp3) is 0.292. The summed E-state index contributed by atoms with van der Waals surface area (Å²) in [4.78, 5) is 0. The lowest BCUT2D eigenvalue weighted by Crippen LogP contribution is -2.66. The molecule has 0 radical (unpaired) electrons. The van der Waals surface area contributed by atoms with Crippen molar-refractivity contribution in [2.75, 3.05) is 0 Å². The minimum atomic E-state index is -1.38. The smallest absolute Gasteiger partial charge is 0.217 e. The lowest BCUT2D eigenvalue weighted by atomic mass is 9.73. The first kappa shape index (κ1) is 19.6. The van der Waals surface area contributed by atoms with Gasteiger partial charge in [-0.15, -0.1) is 0 Å². The van der Waals surface area contributed by atoms with Gasteiger partial charge in [-0.3, -0.25) is 5.41 Å². The quantitative estimate of drug-likeness (QED) is 0.419. The van der Waals surface area contributed by atoms with Crippen LogP contribution in [0.4, 0.5) is 0 Å². The van der Waals surface area contributed by atoms with Gasteiger partial charge in [0.25, 0.3) is 0 Å². The summed E-state index contributed by atoms with van der Waals surface area (Å²) in [6.45, 7) is 1.97. The van der Waals surface area contributed by atoms with Crippen molar-refractivity contribution < 1.29 is 9.67 Å². The monoisotopic (exact) mass is 396 g/mol. The molecule has 4 rings (SSSR count). The van der Waals surface area contributed by atoms with E-state index in [-0.39, 0.29) is 17.2 Å². The first-order chi connectivity index (χ1) is 14.5. The zero-order valence-electron chi connectivity index (χ0n) is 16.6. The molecule has 0 bridgehead atoms. The van der Waals surface area contributed by atoms with E-state index in [1.807, 2.05) is 72.3 Å². The summed E-state index contributed by atoms with van der Waals surface area (Å²) >= 11 is 0. The van der Waals surface area contributed by atoms with Crippen LogP contribution in [0.15, 0.2) is 71.6 Å². The zero-order valence-corrected chi connectivity index (χ0v) is 16.6. The SMILES string of the molecule is Cc1cccc[n+]1[C@H]1[C@@H](c2ccccc2)C(C#N)=C(C(=C=N)C#N)N[C@@]1(O)C1CC1. The number of aliphatic hydroxyl groups is 1. The number of hydrogen-bond donors (Lipinski definition) is 3. The highest BCUT2D eigenvalue weighted by Gasteiger charge is 2.61. The van der Waals surface area contributed by atoms with E-state index in [9.17, 15) is 15.6 Å². The van der Waals surface area contributed by atoms with Crippen LogP contribution in [0.2, 0.25) is 0 Å². The highest BCUT2D eigenvalue weighted by atomic mass is 16.3. The van der Waals surface area contributed by atoms with Crippen molar-refractivity contribution in [3.8, 4) is 12.1 Å². The van der Waals surface area contributed by atoms with Crippen molar-refractivity contribution in [2.45, 2.75) is 37.5 Å². The minimum Gasteiger partial charge on any atom is -0.365 e. The largest absolute Gasteiger partial charge is 0.365 e. The molecule has 2 aliphatic rings. The topological polar surface area (TPSA) is 108 Å². The molecule has 0 spiro atoms. The van der Waals surface area contributed by atoms with Gasteiger partial charge in [-0.1, -0.05) is 36.4 Å². The molecular weight excluding hydrogens is 374 g/mol. The highest BCUT2D eigenvalue weighted by Crippen LogP contribution is 2.52. The van der Waals surface area contributed by atoms with Crippen molar-refractivity contribution >= 4 is 5.87 Å². The Morgan fingerprint density at radius 1 is 1.17 bits per heavy atom. The molecular formula is C24H22N5O+. The molecule has 1 fully saturated rings. The Morgan fingerprint density at radius 3 is 2.43 bits per heavy atom. The van der Waals surface area contributed by atoms with Crippen LogP contribution in [0, 0.1) is 40.9 Å². The second-order valence-corrected chi connectivity index (χ2v) is 7.82. The van der Waals surface area contributed by atoms with Crippen molar-refractivity contribution in [3.05, 3.63) is 82.8 Å². The van der Waals surface area contributed by atoms with E-state index in [2.05, 4.69) is 17.3 Å². The van der Waals surface area contributed by atoms with Gasteiger partial charge in [-0.25, -0.2) is 0 Å². The van der Waals surface area contributed by atoms with Crippen LogP contribution >= 0.6 is 0 Å². The fourth-order valence-electron chi connectivity index (χ4n) is 4.48. The van der Waals surface area contributed by atoms with Crippen LogP contribution in [0.25, 0.3) is 0 Å². The van der Waals surface area contributed by atoms with Crippen LogP contribution < -0.4 is 9.88 Å². The van der Waals surface area contributed by atoms with Gasteiger partial charge < -0.3 is 10.4 Å². The molecule has 1 aromatic heterocycles. The maximum absolute atomic E-state index is 12.0. The Labute approximate surface area is 175 Å². The average Bonchev–Trinajstić information content (AvgIpc) is 3.62. The lowest BCUT2D eigenvalue weighted by Gasteiger charge is -2.43. The number of pyridine rings is 1. The number of allylic oxidation sites excluding steroid dienone is 2. The van der Waals surface area contributed by atoms with E-state index in [4.69, 9.17) is 5.41 Å². The average molecular weight is 396 g/mol. The van der Waals surface area contributed by atoms with E-state index in [1.165, 1.54) is 0 Å². The number of nitrogens with one attached hydrogen (secondary N) is 2. The molecule has 6 heteroatoms. The Balaban J connectivity index is 2.06. The van der Waals surface area contributed by atoms with Gasteiger partial charge in [0.15, 0.2) is 11.9 Å². The van der Waals surface area contributed by atoms with E-state index in [0.29, 0.717) is 5.57 Å². The van der Waals surface area contributed by atoms with Crippen LogP contribution in [-0.2, 0) is 0 Å². The second-order valence-electron chi connectivity index (χ2n) is 7.82. The van der Waals surface area contributed by atoms with Crippen molar-refractivity contribution in [1.29, 1.82) is 15.9 Å². The molecule has 3 N–H and O–H groups in total. The molecule has 0 amide bonds. The summed E-state index contributed by atoms with van der Waals surface area (Å²) in [5.41, 5.74) is 0.877. The summed E-state index contributed by atoms with van der Waals surface area (Å²) in [6.07, 6.45) is 3.61. The molecule has 3 atom stereocenters. The first-order valence-corrected chi connectivity index (χ1v) is 9.91. The number of benzene rings is 1. The molecule has 6 nitrogen and oxygen atoms in total. The Kier molecular flexibility index (Phi) is 4.98. The van der Waals surface area contributed by atoms with Crippen molar-refractivity contribution in [1.82, 2.24) is 5.32 Å². The summed E-state index contributed by atoms with van der Waals surface area (Å²) < 4.78 is 2.01. The summed E-state index contributed by atoms with van der Waals surface area (Å²) in [7, 11) is 0. The van der Waals surface area contributed by atoms with E-state index in [1.54, 1.807) is 0 Å². The van der Waals surface area contributed by atoms with Gasteiger partial charge in [0, 0.05) is 25.0 Å². The molecule has 30 heavy (non-hydrogen) atoms. The number of aryl methyl sites for hydroxylation is 1. The lowest BCUT2D eigenvalue weighted by molar-refractivity contribution is -0.747. The van der Waals surface area contributed by atoms with Crippen LogP contribution in [0.1, 0.15) is 36.1 Å². The number of nitrogens with zero attached hydrogens (tertiary/aromatic N) is 3. The summed E-state index contributed by atoms with van der Waals surface area (Å²) in [5.74, 6) is 1.61. The Hall–Kier alpha value is -3.70. The predicted octanol–water partition coefficient (Wildman–Crippen LogP) is 2.79. The minimum absolute atomic E-state index is 0.0262. The molecule has 2 aromatic rings. The van der Waals surface area contributed by atoms with Crippen molar-refractivity contribution in [2.24, 2.45) is 5.92 Å². The molecule has 2 heterocycles. The molecule has 0 saturated heterocycles. The maximum Gasteiger partial charge on any atom is 0.217 e. The fourth-order valence-corrected chi connectivity index (χ4v) is 4.48. The summed E-state index contributed by atoms with van der Waals surface area (Å²) in [5, 5.41) is 42.4. The van der Waals surface area contributed by atoms with Gasteiger partial charge >= 0.3 is 0 Å². The normalized spacial score (nSPS) is 25.5. The van der Waals surface area contributed by atoms with Crippen LogP contribution in [0.3, 0.4) is 0 Å². The van der Waals surface area contributed by atoms with Crippen LogP contribution in [0.5, 0.6) is 0 Å². The third-order valence-electron chi connectivity index (χ3n) is 6.04. The van der Waals surface area contributed by atoms with E-state index >= 15 is 0 Å². The number of aromatic nitrogens is 1. The Bertz CT molecular complexity index is 1150. The van der Waals surface area contributed by atoms with Crippen molar-refractivity contribution in [3.63, 3.8) is 0 Å². The van der Waals surface area contributed by atoms with Gasteiger partial charge in [0.05, 0.1) is 23.3 Å². The highest BCUT2D eigenvalue weighted by molar-refractivity contribution is 5.71. The Morgan fingerprint density at radius 2 is 1.87 bits per heavy atom. The van der Waals surface area contributed by atoms with Gasteiger partial charge in [-0.05, 0) is 24.3 Å². The van der Waals surface area contributed by atoms with Gasteiger partial charge in [-0.2, -0.15) is 15.1 Å². The number of rotatable bonds is 4. The van der Waals surface area contributed by atoms with E-state index in [0.717, 1.165) is 24.1 Å². The zero-order chi connectivity index (χ0) is 21.3. The van der Waals surface area contributed by atoms with Crippen LogP contribution in [-0.4, -0.2) is 16.7 Å². The maximum atomic E-state index is 12.0. The molecule has 1 aromatic carbocycles. The molecule has 1 aliphatic heterocycles. The second kappa shape index (κ2) is 7.61. The molecule has 1 saturated carbocycles. The van der Waals surface area contributed by atoms with E-state index < -0.39 is 17.7 Å². The number of nitriles is 2. The predicted molar refractivity (Wildman–Crippen MR) is 110 cm³/mol. The molecule has 0 unspecified atom stereocenters. The first-order valence-electron chi connectivity index (χ1n) is 9.91. The van der Waals surface area contributed by atoms with Gasteiger partial charge in [0.1, 0.15) is 11.6 Å². The number of hydrogen-bond acceptors (Lipinski definition) is 5. The summed E-state index contributed by atoms with van der Waals surface area (Å²) in [6, 6.07) is 19.1. The molecule has 1 aliphatic carbocycles.